The highest BCUT2D eigenvalue weighted by Crippen LogP contribution is 2.13. The monoisotopic (exact) mass is 256 g/mol. The molecule has 0 bridgehead atoms. The van der Waals surface area contributed by atoms with Crippen molar-refractivity contribution in [1.82, 2.24) is 15.1 Å². The molecule has 5 nitrogen and oxygen atoms in total. The first-order valence-corrected chi connectivity index (χ1v) is 6.72. The molecule has 1 heterocycles. The second-order valence-corrected chi connectivity index (χ2v) is 5.26. The number of aryl methyl sites for hydroxylation is 1. The van der Waals surface area contributed by atoms with Crippen molar-refractivity contribution >= 4 is 22.4 Å². The van der Waals surface area contributed by atoms with E-state index in [-0.39, 0.29) is 5.91 Å². The fourth-order valence-corrected chi connectivity index (χ4v) is 1.97. The molecule has 0 aliphatic rings. The maximum Gasteiger partial charge on any atom is 0.227 e. The summed E-state index contributed by atoms with van der Waals surface area (Å²) in [6.07, 6.45) is 2.85. The number of nitrogens with zero attached hydrogens (tertiary/aromatic N) is 3. The van der Waals surface area contributed by atoms with Gasteiger partial charge < -0.3 is 10.2 Å². The summed E-state index contributed by atoms with van der Waals surface area (Å²) in [5.41, 5.74) is 0. The Balaban J connectivity index is 2.21. The lowest BCUT2D eigenvalue weighted by Crippen LogP contribution is -2.25. The zero-order valence-electron chi connectivity index (χ0n) is 10.7. The Morgan fingerprint density at radius 1 is 1.41 bits per heavy atom. The van der Waals surface area contributed by atoms with E-state index in [9.17, 15) is 4.79 Å². The molecular formula is C11H20N4OS. The number of carbonyl (C=O) groups is 1. The summed E-state index contributed by atoms with van der Waals surface area (Å²) in [7, 11) is 2.04. The molecule has 0 unspecified atom stereocenters. The van der Waals surface area contributed by atoms with E-state index in [1.807, 2.05) is 14.0 Å². The Labute approximate surface area is 106 Å². The number of anilines is 1. The van der Waals surface area contributed by atoms with Gasteiger partial charge in [0.2, 0.25) is 11.0 Å². The third-order valence-electron chi connectivity index (χ3n) is 2.39. The molecule has 0 saturated heterocycles. The molecule has 1 rings (SSSR count). The van der Waals surface area contributed by atoms with Crippen LogP contribution in [0.3, 0.4) is 0 Å². The summed E-state index contributed by atoms with van der Waals surface area (Å²) in [5, 5.41) is 11.9. The van der Waals surface area contributed by atoms with Gasteiger partial charge in [-0.25, -0.2) is 0 Å². The van der Waals surface area contributed by atoms with E-state index < -0.39 is 0 Å². The molecule has 0 saturated carbocycles. The van der Waals surface area contributed by atoms with Crippen LogP contribution in [0.4, 0.5) is 5.13 Å². The third kappa shape index (κ3) is 5.74. The molecule has 1 N–H and O–H groups in total. The zero-order valence-corrected chi connectivity index (χ0v) is 11.5. The summed E-state index contributed by atoms with van der Waals surface area (Å²) in [5.74, 6) is 0.00417. The van der Waals surface area contributed by atoms with Crippen LogP contribution in [0.2, 0.25) is 0 Å². The number of carbonyl (C=O) groups excluding carboxylic acids is 1. The summed E-state index contributed by atoms with van der Waals surface area (Å²) in [6, 6.07) is 0. The van der Waals surface area contributed by atoms with Crippen molar-refractivity contribution in [1.29, 1.82) is 0 Å². The quantitative estimate of drug-likeness (QED) is 0.809. The molecule has 0 aliphatic carbocycles. The molecule has 1 amide bonds. The van der Waals surface area contributed by atoms with Crippen LogP contribution in [0.15, 0.2) is 0 Å². The van der Waals surface area contributed by atoms with Gasteiger partial charge in [-0.2, -0.15) is 0 Å². The van der Waals surface area contributed by atoms with Gasteiger partial charge in [0.05, 0.1) is 0 Å². The van der Waals surface area contributed by atoms with Crippen LogP contribution < -0.4 is 5.32 Å². The smallest absolute Gasteiger partial charge is 0.227 e. The van der Waals surface area contributed by atoms with Crippen molar-refractivity contribution in [2.75, 3.05) is 25.5 Å². The van der Waals surface area contributed by atoms with E-state index in [0.29, 0.717) is 11.6 Å². The van der Waals surface area contributed by atoms with Gasteiger partial charge in [0.15, 0.2) is 0 Å². The highest BCUT2D eigenvalue weighted by atomic mass is 32.1. The minimum absolute atomic E-state index is 0.00417. The standard InChI is InChI=1S/C11H20N4OS/c1-4-5-7-15(3)8-6-10(16)12-11-14-13-9(2)17-11/h4-8H2,1-3H3,(H,12,14,16). The minimum Gasteiger partial charge on any atom is -0.306 e. The molecule has 0 aromatic carbocycles. The largest absolute Gasteiger partial charge is 0.306 e. The van der Waals surface area contributed by atoms with Crippen LogP contribution in [0.5, 0.6) is 0 Å². The van der Waals surface area contributed by atoms with Crippen LogP contribution in [0.25, 0.3) is 0 Å². The molecule has 96 valence electrons. The van der Waals surface area contributed by atoms with Gasteiger partial charge in [0.1, 0.15) is 5.01 Å². The molecular weight excluding hydrogens is 236 g/mol. The third-order valence-corrected chi connectivity index (χ3v) is 3.14. The first-order valence-electron chi connectivity index (χ1n) is 5.90. The normalized spacial score (nSPS) is 10.8. The zero-order chi connectivity index (χ0) is 12.7. The second kappa shape index (κ2) is 7.34. The molecule has 0 radical (unpaired) electrons. The van der Waals surface area contributed by atoms with Gasteiger partial charge >= 0.3 is 0 Å². The fourth-order valence-electron chi connectivity index (χ4n) is 1.36. The summed E-state index contributed by atoms with van der Waals surface area (Å²) in [6.45, 7) is 5.86. The lowest BCUT2D eigenvalue weighted by Gasteiger charge is -2.15. The highest BCUT2D eigenvalue weighted by Gasteiger charge is 2.07. The maximum absolute atomic E-state index is 11.6. The molecule has 1 aromatic rings. The number of hydrogen-bond acceptors (Lipinski definition) is 5. The van der Waals surface area contributed by atoms with E-state index in [4.69, 9.17) is 0 Å². The van der Waals surface area contributed by atoms with Crippen LogP contribution in [0, 0.1) is 6.92 Å². The SMILES string of the molecule is CCCCN(C)CCC(=O)Nc1nnc(C)s1. The number of hydrogen-bond donors (Lipinski definition) is 1. The molecule has 0 spiro atoms. The molecule has 6 heteroatoms. The van der Waals surface area contributed by atoms with E-state index in [0.717, 1.165) is 18.1 Å². The van der Waals surface area contributed by atoms with Crippen molar-refractivity contribution in [2.45, 2.75) is 33.1 Å². The Kier molecular flexibility index (Phi) is 6.07. The van der Waals surface area contributed by atoms with E-state index >= 15 is 0 Å². The van der Waals surface area contributed by atoms with Gasteiger partial charge in [-0.1, -0.05) is 24.7 Å². The van der Waals surface area contributed by atoms with E-state index in [2.05, 4.69) is 27.3 Å². The number of aromatic nitrogens is 2. The van der Waals surface area contributed by atoms with Crippen molar-refractivity contribution in [3.63, 3.8) is 0 Å². The number of amides is 1. The lowest BCUT2D eigenvalue weighted by atomic mass is 10.3. The lowest BCUT2D eigenvalue weighted by molar-refractivity contribution is -0.116. The van der Waals surface area contributed by atoms with Crippen LogP contribution in [-0.2, 0) is 4.79 Å². The Morgan fingerprint density at radius 3 is 2.76 bits per heavy atom. The van der Waals surface area contributed by atoms with Crippen molar-refractivity contribution in [2.24, 2.45) is 0 Å². The summed E-state index contributed by atoms with van der Waals surface area (Å²) < 4.78 is 0. The predicted octanol–water partition coefficient (Wildman–Crippen LogP) is 1.91. The number of nitrogens with one attached hydrogen (secondary N) is 1. The van der Waals surface area contributed by atoms with Crippen LogP contribution in [-0.4, -0.2) is 41.1 Å². The van der Waals surface area contributed by atoms with Gasteiger partial charge in [-0.05, 0) is 26.9 Å². The average Bonchev–Trinajstić information content (AvgIpc) is 2.69. The average molecular weight is 256 g/mol. The summed E-state index contributed by atoms with van der Waals surface area (Å²) >= 11 is 1.40. The second-order valence-electron chi connectivity index (χ2n) is 4.08. The van der Waals surface area contributed by atoms with Crippen LogP contribution in [0.1, 0.15) is 31.2 Å². The predicted molar refractivity (Wildman–Crippen MR) is 70.3 cm³/mol. The van der Waals surface area contributed by atoms with Crippen molar-refractivity contribution in [3.05, 3.63) is 5.01 Å². The van der Waals surface area contributed by atoms with Gasteiger partial charge in [-0.3, -0.25) is 4.79 Å². The molecule has 1 aromatic heterocycles. The van der Waals surface area contributed by atoms with Crippen LogP contribution >= 0.6 is 11.3 Å². The Hall–Kier alpha value is -1.01. The minimum atomic E-state index is 0.00417. The first kappa shape index (κ1) is 14.1. The van der Waals surface area contributed by atoms with Gasteiger partial charge in [-0.15, -0.1) is 10.2 Å². The Morgan fingerprint density at radius 2 is 2.18 bits per heavy atom. The van der Waals surface area contributed by atoms with E-state index in [1.54, 1.807) is 0 Å². The van der Waals surface area contributed by atoms with Crippen molar-refractivity contribution in [3.8, 4) is 0 Å². The highest BCUT2D eigenvalue weighted by molar-refractivity contribution is 7.15. The topological polar surface area (TPSA) is 58.1 Å². The fraction of sp³-hybridized carbons (Fsp3) is 0.727. The molecule has 0 fully saturated rings. The number of unbranched alkanes of at least 4 members (excludes halogenated alkanes) is 1. The van der Waals surface area contributed by atoms with Crippen molar-refractivity contribution < 1.29 is 4.79 Å². The van der Waals surface area contributed by atoms with Gasteiger partial charge in [0, 0.05) is 13.0 Å². The molecule has 17 heavy (non-hydrogen) atoms. The summed E-state index contributed by atoms with van der Waals surface area (Å²) in [4.78, 5) is 13.8. The maximum atomic E-state index is 11.6. The van der Waals surface area contributed by atoms with E-state index in [1.165, 1.54) is 24.2 Å². The number of rotatable bonds is 7. The molecule has 0 aliphatic heterocycles. The Bertz CT molecular complexity index is 353. The van der Waals surface area contributed by atoms with Gasteiger partial charge in [0.25, 0.3) is 0 Å². The molecule has 0 atom stereocenters. The first-order chi connectivity index (χ1) is 8.11.